The van der Waals surface area contributed by atoms with Crippen molar-refractivity contribution >= 4 is 5.91 Å². The Balaban J connectivity index is 1.78. The van der Waals surface area contributed by atoms with E-state index in [1.807, 2.05) is 11.9 Å². The number of hydrogen-bond acceptors (Lipinski definition) is 3. The maximum absolute atomic E-state index is 12.1. The highest BCUT2D eigenvalue weighted by molar-refractivity contribution is 5.82. The summed E-state index contributed by atoms with van der Waals surface area (Å²) in [5.41, 5.74) is 0. The number of carbonyl (C=O) groups excluding carboxylic acids is 1. The average molecular weight is 226 g/mol. The molecule has 4 atom stereocenters. The molecule has 16 heavy (non-hydrogen) atoms. The Hall–Kier alpha value is -0.610. The number of amides is 1. The first-order chi connectivity index (χ1) is 7.61. The quantitative estimate of drug-likeness (QED) is 0.758. The number of ether oxygens (including phenoxy) is 1. The highest BCUT2D eigenvalue weighted by Crippen LogP contribution is 2.38. The molecule has 0 radical (unpaired) electrons. The van der Waals surface area contributed by atoms with E-state index in [1.165, 1.54) is 6.42 Å². The third-order valence-electron chi connectivity index (χ3n) is 3.88. The molecule has 1 aliphatic carbocycles. The molecule has 0 bridgehead atoms. The number of nitrogens with one attached hydrogen (secondary N) is 1. The molecule has 4 unspecified atom stereocenters. The van der Waals surface area contributed by atoms with E-state index in [-0.39, 0.29) is 18.1 Å². The van der Waals surface area contributed by atoms with Crippen LogP contribution in [0, 0.1) is 11.8 Å². The minimum absolute atomic E-state index is 0.0380. The van der Waals surface area contributed by atoms with Gasteiger partial charge in [0.2, 0.25) is 5.91 Å². The van der Waals surface area contributed by atoms with Crippen molar-refractivity contribution in [1.82, 2.24) is 10.2 Å². The molecule has 0 aromatic heterocycles. The first kappa shape index (κ1) is 11.9. The number of methoxy groups -OCH3 is 1. The Morgan fingerprint density at radius 3 is 2.69 bits per heavy atom. The lowest BCUT2D eigenvalue weighted by atomic mass is 10.1. The summed E-state index contributed by atoms with van der Waals surface area (Å²) in [6.07, 6.45) is 2.28. The number of likely N-dealkylation sites (N-methyl/N-ethyl adjacent to an activating group) is 1. The zero-order valence-electron chi connectivity index (χ0n) is 10.4. The molecule has 92 valence electrons. The molecule has 1 aliphatic heterocycles. The van der Waals surface area contributed by atoms with Gasteiger partial charge in [0.15, 0.2) is 0 Å². The van der Waals surface area contributed by atoms with Crippen molar-refractivity contribution in [2.45, 2.75) is 31.9 Å². The lowest BCUT2D eigenvalue weighted by molar-refractivity contribution is -0.132. The summed E-state index contributed by atoms with van der Waals surface area (Å²) in [6.45, 7) is 3.95. The van der Waals surface area contributed by atoms with Crippen molar-refractivity contribution in [2.75, 3.05) is 27.2 Å². The second kappa shape index (κ2) is 4.72. The maximum Gasteiger partial charge on any atom is 0.239 e. The van der Waals surface area contributed by atoms with E-state index in [0.717, 1.165) is 31.3 Å². The molecule has 1 saturated heterocycles. The molecule has 1 N–H and O–H groups in total. The van der Waals surface area contributed by atoms with E-state index in [9.17, 15) is 4.79 Å². The summed E-state index contributed by atoms with van der Waals surface area (Å²) >= 11 is 0. The Labute approximate surface area is 97.3 Å². The molecule has 0 aromatic carbocycles. The molecule has 4 heteroatoms. The third kappa shape index (κ3) is 2.55. The normalized spacial score (nSPS) is 37.4. The lowest BCUT2D eigenvalue weighted by Gasteiger charge is -2.21. The lowest BCUT2D eigenvalue weighted by Crippen LogP contribution is -2.42. The monoisotopic (exact) mass is 226 g/mol. The summed E-state index contributed by atoms with van der Waals surface area (Å²) in [6, 6.07) is -0.0380. The minimum atomic E-state index is -0.0380. The molecular weight excluding hydrogens is 204 g/mol. The minimum Gasteiger partial charge on any atom is -0.380 e. The fourth-order valence-electron chi connectivity index (χ4n) is 2.43. The van der Waals surface area contributed by atoms with Crippen LogP contribution in [0.2, 0.25) is 0 Å². The van der Waals surface area contributed by atoms with Crippen molar-refractivity contribution < 1.29 is 9.53 Å². The van der Waals surface area contributed by atoms with Gasteiger partial charge < -0.3 is 15.0 Å². The summed E-state index contributed by atoms with van der Waals surface area (Å²) in [4.78, 5) is 14.0. The van der Waals surface area contributed by atoms with Crippen molar-refractivity contribution in [2.24, 2.45) is 11.8 Å². The zero-order valence-corrected chi connectivity index (χ0v) is 10.4. The first-order valence-electron chi connectivity index (χ1n) is 6.13. The van der Waals surface area contributed by atoms with E-state index in [2.05, 4.69) is 12.2 Å². The third-order valence-corrected chi connectivity index (χ3v) is 3.88. The van der Waals surface area contributed by atoms with Gasteiger partial charge in [0.05, 0.1) is 12.1 Å². The van der Waals surface area contributed by atoms with Gasteiger partial charge in [0.1, 0.15) is 0 Å². The average Bonchev–Trinajstić information content (AvgIpc) is 2.82. The van der Waals surface area contributed by atoms with Crippen LogP contribution in [0.25, 0.3) is 0 Å². The highest BCUT2D eigenvalue weighted by atomic mass is 16.5. The van der Waals surface area contributed by atoms with Crippen LogP contribution < -0.4 is 5.32 Å². The topological polar surface area (TPSA) is 41.6 Å². The van der Waals surface area contributed by atoms with Gasteiger partial charge in [-0.05, 0) is 24.7 Å². The molecule has 1 heterocycles. The second-order valence-electron chi connectivity index (χ2n) is 5.25. The predicted octanol–water partition coefficient (Wildman–Crippen LogP) is 0.478. The van der Waals surface area contributed by atoms with Crippen LogP contribution in [0.1, 0.15) is 19.8 Å². The van der Waals surface area contributed by atoms with Gasteiger partial charge in [-0.3, -0.25) is 4.79 Å². The van der Waals surface area contributed by atoms with E-state index < -0.39 is 0 Å². The fraction of sp³-hybridized carbons (Fsp3) is 0.917. The zero-order chi connectivity index (χ0) is 11.7. The predicted molar refractivity (Wildman–Crippen MR) is 62.1 cm³/mol. The Bertz CT molecular complexity index is 270. The second-order valence-corrected chi connectivity index (χ2v) is 5.25. The summed E-state index contributed by atoms with van der Waals surface area (Å²) in [7, 11) is 3.62. The standard InChI is InChI=1S/C12H22N2O2/c1-8-4-9(8)7-14(2)12(15)11-5-10(16-3)6-13-11/h8-11,13H,4-7H2,1-3H3. The van der Waals surface area contributed by atoms with Crippen molar-refractivity contribution in [3.05, 3.63) is 0 Å². The Kier molecular flexibility index (Phi) is 3.50. The molecule has 2 aliphatic rings. The van der Waals surface area contributed by atoms with Gasteiger partial charge in [0.25, 0.3) is 0 Å². The van der Waals surface area contributed by atoms with Crippen LogP contribution in [0.15, 0.2) is 0 Å². The van der Waals surface area contributed by atoms with Gasteiger partial charge >= 0.3 is 0 Å². The van der Waals surface area contributed by atoms with Crippen LogP contribution >= 0.6 is 0 Å². The molecule has 0 spiro atoms. The number of nitrogens with zero attached hydrogens (tertiary/aromatic N) is 1. The van der Waals surface area contributed by atoms with Gasteiger partial charge in [-0.1, -0.05) is 6.92 Å². The smallest absolute Gasteiger partial charge is 0.239 e. The van der Waals surface area contributed by atoms with Crippen LogP contribution in [0.3, 0.4) is 0 Å². The number of carbonyl (C=O) groups is 1. The van der Waals surface area contributed by atoms with E-state index in [0.29, 0.717) is 0 Å². The van der Waals surface area contributed by atoms with E-state index >= 15 is 0 Å². The van der Waals surface area contributed by atoms with Crippen molar-refractivity contribution in [3.8, 4) is 0 Å². The van der Waals surface area contributed by atoms with Crippen molar-refractivity contribution in [3.63, 3.8) is 0 Å². The first-order valence-corrected chi connectivity index (χ1v) is 6.13. The summed E-state index contributed by atoms with van der Waals surface area (Å²) in [5.74, 6) is 1.76. The molecule has 1 saturated carbocycles. The van der Waals surface area contributed by atoms with Crippen molar-refractivity contribution in [1.29, 1.82) is 0 Å². The fourth-order valence-corrected chi connectivity index (χ4v) is 2.43. The van der Waals surface area contributed by atoms with Crippen LogP contribution in [-0.2, 0) is 9.53 Å². The molecule has 2 fully saturated rings. The number of rotatable bonds is 4. The summed E-state index contributed by atoms with van der Waals surface area (Å²) in [5, 5.41) is 3.23. The SMILES string of the molecule is COC1CNC(C(=O)N(C)CC2CC2C)C1. The van der Waals surface area contributed by atoms with Gasteiger partial charge in [-0.2, -0.15) is 0 Å². The molecule has 2 rings (SSSR count). The van der Waals surface area contributed by atoms with Crippen LogP contribution in [0.4, 0.5) is 0 Å². The maximum atomic E-state index is 12.1. The van der Waals surface area contributed by atoms with Gasteiger partial charge in [0, 0.05) is 27.2 Å². The van der Waals surface area contributed by atoms with Gasteiger partial charge in [-0.15, -0.1) is 0 Å². The Morgan fingerprint density at radius 2 is 2.19 bits per heavy atom. The molecular formula is C12H22N2O2. The Morgan fingerprint density at radius 1 is 1.50 bits per heavy atom. The summed E-state index contributed by atoms with van der Waals surface area (Å²) < 4.78 is 5.25. The van der Waals surface area contributed by atoms with Gasteiger partial charge in [-0.25, -0.2) is 0 Å². The van der Waals surface area contributed by atoms with E-state index in [1.54, 1.807) is 7.11 Å². The molecule has 0 aromatic rings. The number of hydrogen-bond donors (Lipinski definition) is 1. The molecule has 1 amide bonds. The van der Waals surface area contributed by atoms with Crippen LogP contribution in [0.5, 0.6) is 0 Å². The highest BCUT2D eigenvalue weighted by Gasteiger charge is 2.36. The van der Waals surface area contributed by atoms with E-state index in [4.69, 9.17) is 4.74 Å². The molecule has 4 nitrogen and oxygen atoms in total. The largest absolute Gasteiger partial charge is 0.380 e. The van der Waals surface area contributed by atoms with Crippen LogP contribution in [-0.4, -0.2) is 50.2 Å².